The zero-order valence-electron chi connectivity index (χ0n) is 13.4. The Morgan fingerprint density at radius 1 is 1.05 bits per heavy atom. The molecule has 1 N–H and O–H groups in total. The van der Waals surface area contributed by atoms with Crippen LogP contribution in [0.15, 0.2) is 0 Å². The van der Waals surface area contributed by atoms with Gasteiger partial charge in [-0.2, -0.15) is 0 Å². The van der Waals surface area contributed by atoms with Crippen LogP contribution in [0.1, 0.15) is 71.1 Å². The van der Waals surface area contributed by atoms with E-state index >= 15 is 0 Å². The van der Waals surface area contributed by atoms with Crippen molar-refractivity contribution in [2.75, 3.05) is 20.6 Å². The number of nitrogens with one attached hydrogen (secondary N) is 1. The van der Waals surface area contributed by atoms with Gasteiger partial charge in [0.15, 0.2) is 0 Å². The molecular formula is C17H34N2. The van der Waals surface area contributed by atoms with Crippen LogP contribution in [0, 0.1) is 5.92 Å². The van der Waals surface area contributed by atoms with Crippen molar-refractivity contribution in [1.82, 2.24) is 10.2 Å². The van der Waals surface area contributed by atoms with Gasteiger partial charge in [0.1, 0.15) is 0 Å². The zero-order chi connectivity index (χ0) is 13.7. The van der Waals surface area contributed by atoms with Crippen molar-refractivity contribution in [3.05, 3.63) is 0 Å². The molecule has 2 atom stereocenters. The van der Waals surface area contributed by atoms with E-state index in [9.17, 15) is 0 Å². The fraction of sp³-hybridized carbons (Fsp3) is 1.00. The van der Waals surface area contributed by atoms with Gasteiger partial charge in [-0.3, -0.25) is 0 Å². The molecule has 2 aliphatic rings. The lowest BCUT2D eigenvalue weighted by Crippen LogP contribution is -2.48. The van der Waals surface area contributed by atoms with Crippen molar-refractivity contribution < 1.29 is 0 Å². The Bertz CT molecular complexity index is 258. The van der Waals surface area contributed by atoms with Crippen LogP contribution in [0.25, 0.3) is 0 Å². The summed E-state index contributed by atoms with van der Waals surface area (Å²) >= 11 is 0. The topological polar surface area (TPSA) is 15.3 Å². The van der Waals surface area contributed by atoms with E-state index in [4.69, 9.17) is 0 Å². The van der Waals surface area contributed by atoms with Crippen molar-refractivity contribution in [3.8, 4) is 0 Å². The van der Waals surface area contributed by atoms with Gasteiger partial charge in [-0.1, -0.05) is 39.0 Å². The highest BCUT2D eigenvalue weighted by Gasteiger charge is 2.31. The van der Waals surface area contributed by atoms with Gasteiger partial charge in [0.05, 0.1) is 0 Å². The number of rotatable bonds is 5. The average molecular weight is 266 g/mol. The molecule has 0 spiro atoms. The van der Waals surface area contributed by atoms with E-state index in [0.717, 1.165) is 12.0 Å². The van der Waals surface area contributed by atoms with Gasteiger partial charge < -0.3 is 10.2 Å². The first-order chi connectivity index (χ1) is 9.17. The summed E-state index contributed by atoms with van der Waals surface area (Å²) in [5.41, 5.74) is 0.449. The lowest BCUT2D eigenvalue weighted by atomic mass is 9.79. The van der Waals surface area contributed by atoms with Crippen LogP contribution in [0.5, 0.6) is 0 Å². The van der Waals surface area contributed by atoms with Gasteiger partial charge >= 0.3 is 0 Å². The Balaban J connectivity index is 1.82. The number of hydrogen-bond donors (Lipinski definition) is 1. The van der Waals surface area contributed by atoms with Crippen molar-refractivity contribution in [3.63, 3.8) is 0 Å². The second-order valence-corrected chi connectivity index (χ2v) is 7.15. The van der Waals surface area contributed by atoms with E-state index in [1.165, 1.54) is 70.8 Å². The molecule has 2 unspecified atom stereocenters. The van der Waals surface area contributed by atoms with Gasteiger partial charge in [0.25, 0.3) is 0 Å². The van der Waals surface area contributed by atoms with E-state index in [1.54, 1.807) is 0 Å². The van der Waals surface area contributed by atoms with Crippen LogP contribution >= 0.6 is 0 Å². The molecule has 0 saturated heterocycles. The molecule has 2 rings (SSSR count). The first-order valence-corrected chi connectivity index (χ1v) is 8.56. The van der Waals surface area contributed by atoms with Crippen LogP contribution in [-0.2, 0) is 0 Å². The smallest absolute Gasteiger partial charge is 0.0190 e. The lowest BCUT2D eigenvalue weighted by molar-refractivity contribution is 0.116. The zero-order valence-corrected chi connectivity index (χ0v) is 13.4. The van der Waals surface area contributed by atoms with Gasteiger partial charge in [-0.05, 0) is 58.7 Å². The van der Waals surface area contributed by atoms with Gasteiger partial charge in [0.2, 0.25) is 0 Å². The van der Waals surface area contributed by atoms with Crippen LogP contribution < -0.4 is 5.32 Å². The third kappa shape index (κ3) is 3.95. The van der Waals surface area contributed by atoms with Crippen molar-refractivity contribution in [1.29, 1.82) is 0 Å². The monoisotopic (exact) mass is 266 g/mol. The second-order valence-electron chi connectivity index (χ2n) is 7.15. The van der Waals surface area contributed by atoms with Crippen LogP contribution in [0.4, 0.5) is 0 Å². The molecule has 0 aromatic rings. The first-order valence-electron chi connectivity index (χ1n) is 8.56. The summed E-state index contributed by atoms with van der Waals surface area (Å²) in [5.74, 6) is 0.899. The highest BCUT2D eigenvalue weighted by molar-refractivity contribution is 4.91. The summed E-state index contributed by atoms with van der Waals surface area (Å²) in [6.45, 7) is 3.73. The van der Waals surface area contributed by atoms with Gasteiger partial charge in [0, 0.05) is 11.6 Å². The minimum absolute atomic E-state index is 0.449. The standard InChI is InChI=1S/C17H34N2/c1-15-9-5-6-10-16(15)19(3)14-13-17(18-2)11-7-4-8-12-17/h15-16,18H,4-14H2,1-3H3. The molecular weight excluding hydrogens is 232 g/mol. The molecule has 0 aliphatic heterocycles. The molecule has 2 heteroatoms. The SMILES string of the molecule is CNC1(CCN(C)C2CCCCC2C)CCCCC1. The summed E-state index contributed by atoms with van der Waals surface area (Å²) in [6, 6.07) is 0.839. The van der Waals surface area contributed by atoms with E-state index in [2.05, 4.69) is 31.2 Å². The van der Waals surface area contributed by atoms with E-state index in [-0.39, 0.29) is 0 Å². The first kappa shape index (κ1) is 15.3. The van der Waals surface area contributed by atoms with Crippen molar-refractivity contribution in [2.24, 2.45) is 5.92 Å². The average Bonchev–Trinajstić information content (AvgIpc) is 2.46. The molecule has 2 aliphatic carbocycles. The molecule has 2 saturated carbocycles. The van der Waals surface area contributed by atoms with Gasteiger partial charge in [-0.15, -0.1) is 0 Å². The highest BCUT2D eigenvalue weighted by atomic mass is 15.1. The largest absolute Gasteiger partial charge is 0.314 e. The minimum Gasteiger partial charge on any atom is -0.314 e. The fourth-order valence-corrected chi connectivity index (χ4v) is 4.36. The molecule has 2 nitrogen and oxygen atoms in total. The van der Waals surface area contributed by atoms with E-state index in [1.807, 2.05) is 0 Å². The second kappa shape index (κ2) is 7.08. The highest BCUT2D eigenvalue weighted by Crippen LogP contribution is 2.32. The molecule has 0 amide bonds. The maximum Gasteiger partial charge on any atom is 0.0190 e. The Hall–Kier alpha value is -0.0800. The summed E-state index contributed by atoms with van der Waals surface area (Å²) in [7, 11) is 4.53. The Morgan fingerprint density at radius 3 is 2.37 bits per heavy atom. The lowest BCUT2D eigenvalue weighted by Gasteiger charge is -2.41. The van der Waals surface area contributed by atoms with Crippen LogP contribution in [-0.4, -0.2) is 37.1 Å². The summed E-state index contributed by atoms with van der Waals surface area (Å²) < 4.78 is 0. The predicted molar refractivity (Wildman–Crippen MR) is 83.5 cm³/mol. The quantitative estimate of drug-likeness (QED) is 0.814. The molecule has 0 aromatic heterocycles. The minimum atomic E-state index is 0.449. The predicted octanol–water partition coefficient (Wildman–Crippen LogP) is 3.81. The van der Waals surface area contributed by atoms with Crippen molar-refractivity contribution in [2.45, 2.75) is 82.7 Å². The van der Waals surface area contributed by atoms with Crippen LogP contribution in [0.2, 0.25) is 0 Å². The third-order valence-electron chi connectivity index (χ3n) is 5.92. The molecule has 0 aromatic carbocycles. The normalized spacial score (nSPS) is 31.6. The Morgan fingerprint density at radius 2 is 1.74 bits per heavy atom. The molecule has 0 bridgehead atoms. The summed E-state index contributed by atoms with van der Waals surface area (Å²) in [6.07, 6.45) is 14.1. The van der Waals surface area contributed by atoms with E-state index < -0.39 is 0 Å². The summed E-state index contributed by atoms with van der Waals surface area (Å²) in [4.78, 5) is 2.66. The fourth-order valence-electron chi connectivity index (χ4n) is 4.36. The molecule has 19 heavy (non-hydrogen) atoms. The van der Waals surface area contributed by atoms with Gasteiger partial charge in [-0.25, -0.2) is 0 Å². The maximum atomic E-state index is 3.66. The van der Waals surface area contributed by atoms with Crippen molar-refractivity contribution >= 4 is 0 Å². The number of hydrogen-bond acceptors (Lipinski definition) is 2. The third-order valence-corrected chi connectivity index (χ3v) is 5.92. The summed E-state index contributed by atoms with van der Waals surface area (Å²) in [5, 5.41) is 3.66. The Kier molecular flexibility index (Phi) is 5.70. The molecule has 2 fully saturated rings. The van der Waals surface area contributed by atoms with E-state index in [0.29, 0.717) is 5.54 Å². The molecule has 0 radical (unpaired) electrons. The Labute approximate surface area is 120 Å². The van der Waals surface area contributed by atoms with Crippen LogP contribution in [0.3, 0.4) is 0 Å². The number of nitrogens with zero attached hydrogens (tertiary/aromatic N) is 1. The maximum absolute atomic E-state index is 3.66. The molecule has 0 heterocycles. The molecule has 112 valence electrons.